The number of carbonyl (C=O) groups is 1. The lowest BCUT2D eigenvalue weighted by Crippen LogP contribution is -2.38. The maximum atomic E-state index is 13.5. The molecule has 6 heteroatoms. The summed E-state index contributed by atoms with van der Waals surface area (Å²) in [6.07, 6.45) is 3.34. The van der Waals surface area contributed by atoms with Crippen LogP contribution in [0.4, 0.5) is 0 Å². The van der Waals surface area contributed by atoms with E-state index in [0.717, 1.165) is 18.4 Å². The lowest BCUT2D eigenvalue weighted by Gasteiger charge is -2.26. The van der Waals surface area contributed by atoms with Crippen LogP contribution >= 0.6 is 0 Å². The van der Waals surface area contributed by atoms with Crippen LogP contribution in [-0.2, 0) is 9.84 Å². The van der Waals surface area contributed by atoms with E-state index in [4.69, 9.17) is 0 Å². The first-order valence-corrected chi connectivity index (χ1v) is 10.9. The third kappa shape index (κ3) is 3.50. The van der Waals surface area contributed by atoms with Crippen LogP contribution in [0, 0.1) is 13.8 Å². The Morgan fingerprint density at radius 3 is 2.29 bits per heavy atom. The molecule has 28 heavy (non-hydrogen) atoms. The first-order chi connectivity index (χ1) is 13.3. The second-order valence-corrected chi connectivity index (χ2v) is 9.15. The lowest BCUT2D eigenvalue weighted by molar-refractivity contribution is 0.0695. The number of hydrogen-bond donors (Lipinski definition) is 1. The highest BCUT2D eigenvalue weighted by Gasteiger charge is 2.35. The minimum Gasteiger partial charge on any atom is -0.478 e. The Morgan fingerprint density at radius 2 is 1.75 bits per heavy atom. The highest BCUT2D eigenvalue weighted by Crippen LogP contribution is 2.35. The molecule has 148 valence electrons. The molecule has 0 spiro atoms. The number of carboxylic acid groups (broad SMARTS) is 1. The largest absolute Gasteiger partial charge is 0.478 e. The van der Waals surface area contributed by atoms with Crippen molar-refractivity contribution in [3.63, 3.8) is 0 Å². The molecule has 1 unspecified atom stereocenters. The molecular weight excluding hydrogens is 374 g/mol. The van der Waals surface area contributed by atoms with Gasteiger partial charge in [0.1, 0.15) is 5.37 Å². The summed E-state index contributed by atoms with van der Waals surface area (Å²) in [5.74, 6) is -1.12. The minimum absolute atomic E-state index is 0.0455. The number of benzene rings is 2. The van der Waals surface area contributed by atoms with Crippen LogP contribution < -0.4 is 0 Å². The first kappa shape index (κ1) is 20.3. The lowest BCUT2D eigenvalue weighted by atomic mass is 9.93. The summed E-state index contributed by atoms with van der Waals surface area (Å²) < 4.78 is 27.1. The number of nitrogens with zero attached hydrogens (tertiary/aromatic N) is 1. The molecule has 2 aromatic carbocycles. The van der Waals surface area contributed by atoms with Crippen molar-refractivity contribution in [1.29, 1.82) is 0 Å². The van der Waals surface area contributed by atoms with Crippen LogP contribution in [0.15, 0.2) is 53.9 Å². The molecule has 1 aliphatic rings. The Balaban J connectivity index is 2.26. The number of sulfone groups is 1. The maximum Gasteiger partial charge on any atom is 0.336 e. The normalized spacial score (nSPS) is 16.1. The standard InChI is InChI=1S/C22H25NO4S/c1-4-20(23-12-8-9-13-23)28(26,27)19-14-18(17-10-6-5-7-11-17)15(2)21(16(19)3)22(24)25/h4-7,10-11,14,20H,1,8-9,12-13H2,2-3H3,(H,24,25). The quantitative estimate of drug-likeness (QED) is 0.742. The second kappa shape index (κ2) is 7.89. The smallest absolute Gasteiger partial charge is 0.336 e. The van der Waals surface area contributed by atoms with Crippen molar-refractivity contribution in [2.45, 2.75) is 37.0 Å². The van der Waals surface area contributed by atoms with Gasteiger partial charge in [-0.1, -0.05) is 36.4 Å². The monoisotopic (exact) mass is 399 g/mol. The van der Waals surface area contributed by atoms with E-state index in [1.807, 2.05) is 35.2 Å². The van der Waals surface area contributed by atoms with Crippen molar-refractivity contribution in [3.8, 4) is 11.1 Å². The highest BCUT2D eigenvalue weighted by molar-refractivity contribution is 7.92. The molecule has 1 N–H and O–H groups in total. The van der Waals surface area contributed by atoms with Crippen molar-refractivity contribution in [1.82, 2.24) is 4.90 Å². The third-order valence-electron chi connectivity index (χ3n) is 5.42. The van der Waals surface area contributed by atoms with Crippen LogP contribution in [-0.4, -0.2) is 42.9 Å². The molecular formula is C22H25NO4S. The number of aromatic carboxylic acids is 1. The summed E-state index contributed by atoms with van der Waals surface area (Å²) in [5, 5.41) is 8.93. The molecule has 1 atom stereocenters. The summed E-state index contributed by atoms with van der Waals surface area (Å²) >= 11 is 0. The van der Waals surface area contributed by atoms with Gasteiger partial charge in [0.25, 0.3) is 0 Å². The summed E-state index contributed by atoms with van der Waals surface area (Å²) in [7, 11) is -3.82. The Bertz CT molecular complexity index is 1010. The van der Waals surface area contributed by atoms with E-state index in [0.29, 0.717) is 24.2 Å². The van der Waals surface area contributed by atoms with E-state index in [2.05, 4.69) is 6.58 Å². The summed E-state index contributed by atoms with van der Waals surface area (Å²) in [4.78, 5) is 13.9. The van der Waals surface area contributed by atoms with Crippen molar-refractivity contribution in [3.05, 3.63) is 65.7 Å². The first-order valence-electron chi connectivity index (χ1n) is 9.32. The minimum atomic E-state index is -3.82. The van der Waals surface area contributed by atoms with Gasteiger partial charge in [-0.15, -0.1) is 6.58 Å². The zero-order chi connectivity index (χ0) is 20.5. The zero-order valence-electron chi connectivity index (χ0n) is 16.2. The van der Waals surface area contributed by atoms with E-state index < -0.39 is 21.2 Å². The van der Waals surface area contributed by atoms with E-state index in [1.165, 1.54) is 6.08 Å². The Labute approximate surface area is 166 Å². The molecule has 1 heterocycles. The van der Waals surface area contributed by atoms with Crippen LogP contribution in [0.3, 0.4) is 0 Å². The average molecular weight is 400 g/mol. The number of likely N-dealkylation sites (tertiary alicyclic amines) is 1. The van der Waals surface area contributed by atoms with Crippen molar-refractivity contribution < 1.29 is 18.3 Å². The summed E-state index contributed by atoms with van der Waals surface area (Å²) in [6.45, 7) is 8.43. The molecule has 5 nitrogen and oxygen atoms in total. The van der Waals surface area contributed by atoms with Crippen LogP contribution in [0.5, 0.6) is 0 Å². The van der Waals surface area contributed by atoms with Crippen molar-refractivity contribution in [2.24, 2.45) is 0 Å². The number of hydrogen-bond acceptors (Lipinski definition) is 4. The molecule has 1 fully saturated rings. The maximum absolute atomic E-state index is 13.5. The molecule has 1 saturated heterocycles. The number of rotatable bonds is 6. The van der Waals surface area contributed by atoms with Gasteiger partial charge in [-0.25, -0.2) is 13.2 Å². The van der Waals surface area contributed by atoms with Gasteiger partial charge >= 0.3 is 5.97 Å². The zero-order valence-corrected chi connectivity index (χ0v) is 17.0. The molecule has 0 aromatic heterocycles. The van der Waals surface area contributed by atoms with Gasteiger partial charge in [0.05, 0.1) is 10.5 Å². The van der Waals surface area contributed by atoms with Crippen LogP contribution in [0.1, 0.15) is 34.3 Å². The highest BCUT2D eigenvalue weighted by atomic mass is 32.2. The molecule has 0 bridgehead atoms. The fourth-order valence-electron chi connectivity index (χ4n) is 4.02. The van der Waals surface area contributed by atoms with Gasteiger partial charge in [0, 0.05) is 0 Å². The van der Waals surface area contributed by atoms with Gasteiger partial charge in [-0.2, -0.15) is 0 Å². The van der Waals surface area contributed by atoms with Gasteiger partial charge in [-0.3, -0.25) is 4.90 Å². The molecule has 0 radical (unpaired) electrons. The summed E-state index contributed by atoms with van der Waals surface area (Å²) in [6, 6.07) is 10.9. The van der Waals surface area contributed by atoms with Gasteiger partial charge < -0.3 is 5.11 Å². The van der Waals surface area contributed by atoms with E-state index in [-0.39, 0.29) is 16.0 Å². The topological polar surface area (TPSA) is 74.7 Å². The molecule has 1 aliphatic heterocycles. The molecule has 0 saturated carbocycles. The molecule has 0 amide bonds. The summed E-state index contributed by atoms with van der Waals surface area (Å²) in [5.41, 5.74) is 2.29. The predicted molar refractivity (Wildman–Crippen MR) is 110 cm³/mol. The molecule has 0 aliphatic carbocycles. The van der Waals surface area contributed by atoms with Gasteiger partial charge in [0.15, 0.2) is 9.84 Å². The Hall–Kier alpha value is -2.44. The third-order valence-corrected chi connectivity index (χ3v) is 7.59. The van der Waals surface area contributed by atoms with Gasteiger partial charge in [-0.05, 0) is 68.1 Å². The van der Waals surface area contributed by atoms with Crippen LogP contribution in [0.25, 0.3) is 11.1 Å². The molecule has 2 aromatic rings. The van der Waals surface area contributed by atoms with E-state index in [1.54, 1.807) is 19.9 Å². The fraction of sp³-hybridized carbons (Fsp3) is 0.318. The van der Waals surface area contributed by atoms with Gasteiger partial charge in [0.2, 0.25) is 0 Å². The Morgan fingerprint density at radius 1 is 1.14 bits per heavy atom. The van der Waals surface area contributed by atoms with E-state index in [9.17, 15) is 18.3 Å². The van der Waals surface area contributed by atoms with E-state index >= 15 is 0 Å². The average Bonchev–Trinajstić information content (AvgIpc) is 3.16. The predicted octanol–water partition coefficient (Wildman–Crippen LogP) is 4.05. The SMILES string of the molecule is C=CC(N1CCCC1)S(=O)(=O)c1cc(-c2ccccc2)c(C)c(C(=O)O)c1C. The number of carboxylic acids is 1. The molecule has 3 rings (SSSR count). The Kier molecular flexibility index (Phi) is 5.72. The van der Waals surface area contributed by atoms with Crippen molar-refractivity contribution >= 4 is 15.8 Å². The second-order valence-electron chi connectivity index (χ2n) is 7.13. The van der Waals surface area contributed by atoms with Crippen LogP contribution in [0.2, 0.25) is 0 Å². The van der Waals surface area contributed by atoms with Crippen molar-refractivity contribution in [2.75, 3.05) is 13.1 Å². The fourth-order valence-corrected chi connectivity index (χ4v) is 5.95.